The number of aryl methyl sites for hydroxylation is 2. The molecule has 0 amide bonds. The van der Waals surface area contributed by atoms with Gasteiger partial charge in [-0.3, -0.25) is 4.90 Å². The van der Waals surface area contributed by atoms with E-state index in [4.69, 9.17) is 4.74 Å². The molecular weight excluding hydrogens is 425 g/mol. The first-order valence-corrected chi connectivity index (χ1v) is 10.7. The molecular formula is C23H25F3N2O2S. The summed E-state index contributed by atoms with van der Waals surface area (Å²) in [5.74, 6) is 0.288. The third-order valence-corrected chi connectivity index (χ3v) is 5.88. The molecule has 0 aliphatic heterocycles. The van der Waals surface area contributed by atoms with Gasteiger partial charge in [0.25, 0.3) is 0 Å². The Morgan fingerprint density at radius 1 is 1.06 bits per heavy atom. The van der Waals surface area contributed by atoms with Crippen LogP contribution in [-0.4, -0.2) is 34.2 Å². The predicted octanol–water partition coefficient (Wildman–Crippen LogP) is 5.22. The third-order valence-electron chi connectivity index (χ3n) is 4.96. The first kappa shape index (κ1) is 23.2. The molecule has 31 heavy (non-hydrogen) atoms. The second kappa shape index (κ2) is 10.3. The van der Waals surface area contributed by atoms with Crippen LogP contribution in [0.15, 0.2) is 54.0 Å². The van der Waals surface area contributed by atoms with Gasteiger partial charge in [-0.1, -0.05) is 24.3 Å². The molecule has 1 atom stereocenters. The number of halogens is 3. The van der Waals surface area contributed by atoms with E-state index >= 15 is 0 Å². The highest BCUT2D eigenvalue weighted by atomic mass is 32.1. The summed E-state index contributed by atoms with van der Waals surface area (Å²) in [4.78, 5) is 7.56. The van der Waals surface area contributed by atoms with Crippen molar-refractivity contribution >= 4 is 11.3 Å². The number of aliphatic hydroxyl groups is 1. The second-order valence-electron chi connectivity index (χ2n) is 7.44. The monoisotopic (exact) mass is 450 g/mol. The Morgan fingerprint density at radius 3 is 2.39 bits per heavy atom. The molecule has 0 aliphatic carbocycles. The summed E-state index contributed by atoms with van der Waals surface area (Å²) in [6, 6.07) is 12.6. The Kier molecular flexibility index (Phi) is 7.69. The minimum atomic E-state index is -4.39. The van der Waals surface area contributed by atoms with Gasteiger partial charge < -0.3 is 9.84 Å². The summed E-state index contributed by atoms with van der Waals surface area (Å²) in [5.41, 5.74) is 4.38. The summed E-state index contributed by atoms with van der Waals surface area (Å²) in [5, 5.41) is 10.6. The fourth-order valence-corrected chi connectivity index (χ4v) is 4.00. The zero-order chi connectivity index (χ0) is 22.4. The molecule has 0 saturated carbocycles. The first-order valence-electron chi connectivity index (χ1n) is 9.86. The number of aliphatic hydroxyl groups excluding tert-OH is 1. The van der Waals surface area contributed by atoms with E-state index in [-0.39, 0.29) is 12.4 Å². The van der Waals surface area contributed by atoms with E-state index in [1.165, 1.54) is 23.3 Å². The number of ether oxygens (including phenoxy) is 1. The highest BCUT2D eigenvalue weighted by molar-refractivity contribution is 7.09. The molecule has 3 rings (SSSR count). The maximum absolute atomic E-state index is 12.7. The SMILES string of the molecule is Cc1ccccc1CN(Cc1scnc1C)CC(O)COc1ccc(C(F)(F)F)cc1. The third kappa shape index (κ3) is 6.78. The van der Waals surface area contributed by atoms with Crippen LogP contribution in [0.1, 0.15) is 27.3 Å². The van der Waals surface area contributed by atoms with E-state index < -0.39 is 17.8 Å². The summed E-state index contributed by atoms with van der Waals surface area (Å²) >= 11 is 1.58. The molecule has 8 heteroatoms. The Balaban J connectivity index is 1.62. The molecule has 4 nitrogen and oxygen atoms in total. The van der Waals surface area contributed by atoms with Crippen molar-refractivity contribution in [2.75, 3.05) is 13.2 Å². The molecule has 0 spiro atoms. The van der Waals surface area contributed by atoms with Crippen LogP contribution in [0.25, 0.3) is 0 Å². The van der Waals surface area contributed by atoms with Gasteiger partial charge in [0, 0.05) is 24.5 Å². The van der Waals surface area contributed by atoms with Crippen molar-refractivity contribution in [1.29, 1.82) is 0 Å². The number of hydrogen-bond acceptors (Lipinski definition) is 5. The van der Waals surface area contributed by atoms with Crippen molar-refractivity contribution in [1.82, 2.24) is 9.88 Å². The van der Waals surface area contributed by atoms with Gasteiger partial charge in [0.1, 0.15) is 18.5 Å². The quantitative estimate of drug-likeness (QED) is 0.486. The number of hydrogen-bond donors (Lipinski definition) is 1. The fourth-order valence-electron chi connectivity index (χ4n) is 3.18. The molecule has 1 aromatic heterocycles. The lowest BCUT2D eigenvalue weighted by Crippen LogP contribution is -2.35. The Bertz CT molecular complexity index is 973. The van der Waals surface area contributed by atoms with Gasteiger partial charge in [0.2, 0.25) is 0 Å². The zero-order valence-electron chi connectivity index (χ0n) is 17.4. The average molecular weight is 451 g/mol. The van der Waals surface area contributed by atoms with Gasteiger partial charge in [-0.2, -0.15) is 13.2 Å². The highest BCUT2D eigenvalue weighted by Gasteiger charge is 2.30. The number of benzene rings is 2. The Morgan fingerprint density at radius 2 is 1.77 bits per heavy atom. The van der Waals surface area contributed by atoms with Crippen LogP contribution in [-0.2, 0) is 19.3 Å². The lowest BCUT2D eigenvalue weighted by Gasteiger charge is -2.25. The Hall–Kier alpha value is -2.42. The maximum atomic E-state index is 12.7. The fraction of sp³-hybridized carbons (Fsp3) is 0.348. The van der Waals surface area contributed by atoms with Crippen molar-refractivity contribution in [3.05, 3.63) is 81.3 Å². The molecule has 0 fully saturated rings. The number of thiazole rings is 1. The molecule has 1 unspecified atom stereocenters. The Labute approximate surface area is 183 Å². The normalized spacial score (nSPS) is 12.9. The highest BCUT2D eigenvalue weighted by Crippen LogP contribution is 2.30. The average Bonchev–Trinajstić information content (AvgIpc) is 3.12. The minimum absolute atomic E-state index is 0.0166. The van der Waals surface area contributed by atoms with Crippen LogP contribution in [0.2, 0.25) is 0 Å². The van der Waals surface area contributed by atoms with Crippen molar-refractivity contribution in [3.8, 4) is 5.75 Å². The summed E-state index contributed by atoms with van der Waals surface area (Å²) in [6.07, 6.45) is -5.19. The van der Waals surface area contributed by atoms with Gasteiger partial charge in [-0.05, 0) is 49.2 Å². The van der Waals surface area contributed by atoms with Crippen LogP contribution in [0, 0.1) is 13.8 Å². The molecule has 0 aliphatic rings. The summed E-state index contributed by atoms with van der Waals surface area (Å²) in [6.45, 7) is 5.64. The van der Waals surface area contributed by atoms with Crippen molar-refractivity contribution < 1.29 is 23.0 Å². The van der Waals surface area contributed by atoms with E-state index in [2.05, 4.69) is 28.9 Å². The lowest BCUT2D eigenvalue weighted by atomic mass is 10.1. The first-order chi connectivity index (χ1) is 14.7. The topological polar surface area (TPSA) is 45.6 Å². The van der Waals surface area contributed by atoms with Crippen LogP contribution in [0.4, 0.5) is 13.2 Å². The molecule has 3 aromatic rings. The van der Waals surface area contributed by atoms with E-state index in [1.54, 1.807) is 16.8 Å². The summed E-state index contributed by atoms with van der Waals surface area (Å²) < 4.78 is 43.6. The van der Waals surface area contributed by atoms with Gasteiger partial charge in [0.15, 0.2) is 0 Å². The van der Waals surface area contributed by atoms with E-state index in [0.717, 1.165) is 22.7 Å². The lowest BCUT2D eigenvalue weighted by molar-refractivity contribution is -0.137. The second-order valence-corrected chi connectivity index (χ2v) is 8.38. The van der Waals surface area contributed by atoms with E-state index in [0.29, 0.717) is 19.6 Å². The van der Waals surface area contributed by atoms with Crippen LogP contribution in [0.5, 0.6) is 5.75 Å². The maximum Gasteiger partial charge on any atom is 0.416 e. The van der Waals surface area contributed by atoms with E-state index in [1.807, 2.05) is 19.1 Å². The van der Waals surface area contributed by atoms with Gasteiger partial charge >= 0.3 is 6.18 Å². The van der Waals surface area contributed by atoms with Crippen LogP contribution in [0.3, 0.4) is 0 Å². The number of nitrogens with zero attached hydrogens (tertiary/aromatic N) is 2. The summed E-state index contributed by atoms with van der Waals surface area (Å²) in [7, 11) is 0. The number of alkyl halides is 3. The molecule has 166 valence electrons. The molecule has 0 radical (unpaired) electrons. The van der Waals surface area contributed by atoms with Gasteiger partial charge in [0.05, 0.1) is 16.8 Å². The number of aromatic nitrogens is 1. The number of rotatable bonds is 9. The standard InChI is InChI=1S/C23H25F3N2O2S/c1-16-5-3-4-6-18(16)11-28(13-22-17(2)27-15-31-22)12-20(29)14-30-21-9-7-19(8-10-21)23(24,25)26/h3-10,15,20,29H,11-14H2,1-2H3. The molecule has 0 saturated heterocycles. The van der Waals surface area contributed by atoms with Gasteiger partial charge in [-0.25, -0.2) is 4.98 Å². The van der Waals surface area contributed by atoms with E-state index in [9.17, 15) is 18.3 Å². The zero-order valence-corrected chi connectivity index (χ0v) is 18.2. The smallest absolute Gasteiger partial charge is 0.416 e. The van der Waals surface area contributed by atoms with Crippen molar-refractivity contribution in [2.24, 2.45) is 0 Å². The molecule has 1 N–H and O–H groups in total. The van der Waals surface area contributed by atoms with Crippen LogP contribution < -0.4 is 4.74 Å². The molecule has 2 aromatic carbocycles. The molecule has 1 heterocycles. The van der Waals surface area contributed by atoms with Crippen molar-refractivity contribution in [2.45, 2.75) is 39.2 Å². The van der Waals surface area contributed by atoms with Crippen LogP contribution >= 0.6 is 11.3 Å². The van der Waals surface area contributed by atoms with Crippen molar-refractivity contribution in [3.63, 3.8) is 0 Å². The minimum Gasteiger partial charge on any atom is -0.491 e. The largest absolute Gasteiger partial charge is 0.491 e. The van der Waals surface area contributed by atoms with Gasteiger partial charge in [-0.15, -0.1) is 11.3 Å². The predicted molar refractivity (Wildman–Crippen MR) is 115 cm³/mol. The molecule has 0 bridgehead atoms.